The fourth-order valence-electron chi connectivity index (χ4n) is 1.60. The van der Waals surface area contributed by atoms with Crippen molar-refractivity contribution in [3.63, 3.8) is 0 Å². The predicted molar refractivity (Wildman–Crippen MR) is 69.3 cm³/mol. The van der Waals surface area contributed by atoms with E-state index in [1.165, 1.54) is 0 Å². The number of anilines is 1. The Hall–Kier alpha value is -1.36. The Morgan fingerprint density at radius 2 is 2.12 bits per heavy atom. The van der Waals surface area contributed by atoms with E-state index in [4.69, 9.17) is 10.5 Å². The van der Waals surface area contributed by atoms with Gasteiger partial charge in [0.15, 0.2) is 0 Å². The molecular weight excluding hydrogens is 216 g/mol. The van der Waals surface area contributed by atoms with Crippen LogP contribution >= 0.6 is 0 Å². The summed E-state index contributed by atoms with van der Waals surface area (Å²) in [7, 11) is 0. The van der Waals surface area contributed by atoms with Gasteiger partial charge >= 0.3 is 0 Å². The first-order valence-electron chi connectivity index (χ1n) is 5.93. The van der Waals surface area contributed by atoms with Crippen molar-refractivity contribution in [2.24, 2.45) is 5.73 Å². The lowest BCUT2D eigenvalue weighted by atomic mass is 10.0. The number of aryl methyl sites for hydroxylation is 1. The molecule has 17 heavy (non-hydrogen) atoms. The van der Waals surface area contributed by atoms with Gasteiger partial charge in [-0.2, -0.15) is 4.98 Å². The molecule has 0 amide bonds. The van der Waals surface area contributed by atoms with Gasteiger partial charge in [-0.1, -0.05) is 0 Å². The van der Waals surface area contributed by atoms with E-state index in [1.807, 2.05) is 19.9 Å². The Labute approximate surface area is 103 Å². The molecule has 3 N–H and O–H groups in total. The van der Waals surface area contributed by atoms with E-state index >= 15 is 0 Å². The Morgan fingerprint density at radius 1 is 1.41 bits per heavy atom. The molecule has 5 nitrogen and oxygen atoms in total. The first-order chi connectivity index (χ1) is 7.96. The fraction of sp³-hybridized carbons (Fsp3) is 0.667. The second-order valence-corrected chi connectivity index (χ2v) is 4.62. The van der Waals surface area contributed by atoms with E-state index in [1.54, 1.807) is 0 Å². The number of nitrogens with one attached hydrogen (secondary N) is 1. The van der Waals surface area contributed by atoms with Gasteiger partial charge in [0.1, 0.15) is 11.6 Å². The molecular formula is C12H22N4O. The molecule has 1 rings (SSSR count). The summed E-state index contributed by atoms with van der Waals surface area (Å²) in [5.74, 6) is 2.08. The second-order valence-electron chi connectivity index (χ2n) is 4.62. The molecule has 0 saturated heterocycles. The molecule has 1 aromatic heterocycles. The van der Waals surface area contributed by atoms with Crippen molar-refractivity contribution >= 4 is 5.82 Å². The smallest absolute Gasteiger partial charge is 0.218 e. The average Bonchev–Trinajstić information content (AvgIpc) is 2.15. The number of nitrogens with two attached hydrogens (primary N) is 1. The topological polar surface area (TPSA) is 73.1 Å². The van der Waals surface area contributed by atoms with E-state index in [0.717, 1.165) is 12.2 Å². The van der Waals surface area contributed by atoms with Crippen LogP contribution < -0.4 is 15.8 Å². The van der Waals surface area contributed by atoms with Crippen LogP contribution in [0.25, 0.3) is 0 Å². The zero-order chi connectivity index (χ0) is 12.9. The van der Waals surface area contributed by atoms with Gasteiger partial charge in [0.05, 0.1) is 6.61 Å². The highest BCUT2D eigenvalue weighted by Gasteiger charge is 2.17. The summed E-state index contributed by atoms with van der Waals surface area (Å²) < 4.78 is 5.39. The van der Waals surface area contributed by atoms with Crippen molar-refractivity contribution in [3.8, 4) is 5.88 Å². The third kappa shape index (κ3) is 4.56. The molecule has 5 heteroatoms. The quantitative estimate of drug-likeness (QED) is 0.789. The van der Waals surface area contributed by atoms with Gasteiger partial charge in [0, 0.05) is 11.6 Å². The van der Waals surface area contributed by atoms with Crippen molar-refractivity contribution in [2.75, 3.05) is 18.5 Å². The zero-order valence-corrected chi connectivity index (χ0v) is 11.1. The predicted octanol–water partition coefficient (Wildman–Crippen LogP) is 1.72. The van der Waals surface area contributed by atoms with Crippen LogP contribution in [-0.2, 0) is 0 Å². The molecule has 0 aliphatic carbocycles. The van der Waals surface area contributed by atoms with Gasteiger partial charge in [0.2, 0.25) is 5.88 Å². The molecule has 1 heterocycles. The summed E-state index contributed by atoms with van der Waals surface area (Å²) in [5, 5.41) is 3.35. The highest BCUT2D eigenvalue weighted by atomic mass is 16.5. The Balaban J connectivity index is 2.83. The van der Waals surface area contributed by atoms with Gasteiger partial charge in [-0.3, -0.25) is 0 Å². The standard InChI is InChI=1S/C12H22N4O/c1-5-17-11-8-10(14-9(2)15-11)16-12(3,4)6-7-13/h8H,5-7,13H2,1-4H3,(H,14,15,16). The van der Waals surface area contributed by atoms with Gasteiger partial charge in [-0.25, -0.2) is 4.98 Å². The number of aromatic nitrogens is 2. The van der Waals surface area contributed by atoms with Gasteiger partial charge < -0.3 is 15.8 Å². The fourth-order valence-corrected chi connectivity index (χ4v) is 1.60. The molecule has 1 aromatic rings. The van der Waals surface area contributed by atoms with Gasteiger partial charge in [0.25, 0.3) is 0 Å². The lowest BCUT2D eigenvalue weighted by molar-refractivity contribution is 0.325. The first-order valence-corrected chi connectivity index (χ1v) is 5.93. The molecule has 0 radical (unpaired) electrons. The minimum atomic E-state index is -0.0843. The molecule has 0 aliphatic heterocycles. The van der Waals surface area contributed by atoms with Crippen LogP contribution in [0.5, 0.6) is 5.88 Å². The van der Waals surface area contributed by atoms with E-state index in [0.29, 0.717) is 24.9 Å². The summed E-state index contributed by atoms with van der Waals surface area (Å²) >= 11 is 0. The van der Waals surface area contributed by atoms with Crippen molar-refractivity contribution in [3.05, 3.63) is 11.9 Å². The Kier molecular flexibility index (Phi) is 4.69. The van der Waals surface area contributed by atoms with Crippen LogP contribution in [-0.4, -0.2) is 28.7 Å². The number of ether oxygens (including phenoxy) is 1. The summed E-state index contributed by atoms with van der Waals surface area (Å²) in [4.78, 5) is 8.54. The van der Waals surface area contributed by atoms with Gasteiger partial charge in [-0.05, 0) is 40.7 Å². The van der Waals surface area contributed by atoms with Crippen molar-refractivity contribution in [1.29, 1.82) is 0 Å². The van der Waals surface area contributed by atoms with Crippen LogP contribution in [0, 0.1) is 6.92 Å². The lowest BCUT2D eigenvalue weighted by Gasteiger charge is -2.26. The van der Waals surface area contributed by atoms with E-state index in [2.05, 4.69) is 29.1 Å². The van der Waals surface area contributed by atoms with E-state index in [9.17, 15) is 0 Å². The Bertz CT molecular complexity index is 366. The number of rotatable bonds is 6. The maximum absolute atomic E-state index is 5.58. The molecule has 0 aromatic carbocycles. The van der Waals surface area contributed by atoms with Crippen LogP contribution in [0.1, 0.15) is 33.0 Å². The molecule has 0 fully saturated rings. The Morgan fingerprint density at radius 3 is 2.71 bits per heavy atom. The summed E-state index contributed by atoms with van der Waals surface area (Å²) in [5.41, 5.74) is 5.49. The summed E-state index contributed by atoms with van der Waals surface area (Å²) in [6.45, 7) is 9.21. The van der Waals surface area contributed by atoms with Crippen molar-refractivity contribution in [1.82, 2.24) is 9.97 Å². The number of hydrogen-bond acceptors (Lipinski definition) is 5. The maximum Gasteiger partial charge on any atom is 0.218 e. The monoisotopic (exact) mass is 238 g/mol. The van der Waals surface area contributed by atoms with Gasteiger partial charge in [-0.15, -0.1) is 0 Å². The highest BCUT2D eigenvalue weighted by molar-refractivity contribution is 5.40. The molecule has 0 unspecified atom stereocenters. The molecule has 0 atom stereocenters. The SMILES string of the molecule is CCOc1cc(NC(C)(C)CCN)nc(C)n1. The highest BCUT2D eigenvalue weighted by Crippen LogP contribution is 2.19. The van der Waals surface area contributed by atoms with Crippen LogP contribution in [0.15, 0.2) is 6.07 Å². The van der Waals surface area contributed by atoms with Crippen molar-refractivity contribution in [2.45, 2.75) is 39.7 Å². The van der Waals surface area contributed by atoms with E-state index in [-0.39, 0.29) is 5.54 Å². The molecule has 0 saturated carbocycles. The van der Waals surface area contributed by atoms with Crippen LogP contribution in [0.2, 0.25) is 0 Å². The molecule has 0 bridgehead atoms. The normalized spacial score (nSPS) is 11.4. The third-order valence-corrected chi connectivity index (χ3v) is 2.34. The minimum absolute atomic E-state index is 0.0843. The summed E-state index contributed by atoms with van der Waals surface area (Å²) in [6, 6.07) is 1.81. The zero-order valence-electron chi connectivity index (χ0n) is 11.1. The number of nitrogens with zero attached hydrogens (tertiary/aromatic N) is 2. The van der Waals surface area contributed by atoms with E-state index < -0.39 is 0 Å². The second kappa shape index (κ2) is 5.82. The summed E-state index contributed by atoms with van der Waals surface area (Å²) in [6.07, 6.45) is 0.875. The van der Waals surface area contributed by atoms with Crippen molar-refractivity contribution < 1.29 is 4.74 Å². The lowest BCUT2D eigenvalue weighted by Crippen LogP contribution is -2.33. The molecule has 0 aliphatic rings. The number of hydrogen-bond donors (Lipinski definition) is 2. The third-order valence-electron chi connectivity index (χ3n) is 2.34. The maximum atomic E-state index is 5.58. The molecule has 96 valence electrons. The average molecular weight is 238 g/mol. The first kappa shape index (κ1) is 13.7. The van der Waals surface area contributed by atoms with Crippen LogP contribution in [0.3, 0.4) is 0 Å². The van der Waals surface area contributed by atoms with Crippen LogP contribution in [0.4, 0.5) is 5.82 Å². The molecule has 0 spiro atoms. The minimum Gasteiger partial charge on any atom is -0.478 e. The largest absolute Gasteiger partial charge is 0.478 e.